The van der Waals surface area contributed by atoms with Crippen molar-refractivity contribution in [3.05, 3.63) is 12.7 Å². The molecule has 0 aliphatic heterocycles. The van der Waals surface area contributed by atoms with Crippen molar-refractivity contribution in [1.82, 2.24) is 0 Å². The van der Waals surface area contributed by atoms with Crippen molar-refractivity contribution in [2.45, 2.75) is 31.8 Å². The predicted molar refractivity (Wildman–Crippen MR) is 43.7 cm³/mol. The lowest BCUT2D eigenvalue weighted by Crippen LogP contribution is -2.06. The molecule has 0 saturated heterocycles. The number of hydrogen-bond donors (Lipinski definition) is 2. The highest BCUT2D eigenvalue weighted by molar-refractivity contribution is 4.71. The van der Waals surface area contributed by atoms with Gasteiger partial charge in [0, 0.05) is 0 Å². The second kappa shape index (κ2) is 6.78. The third-order valence-electron chi connectivity index (χ3n) is 1.43. The van der Waals surface area contributed by atoms with Crippen LogP contribution < -0.4 is 5.73 Å². The molecule has 2 nitrogen and oxygen atoms in total. The van der Waals surface area contributed by atoms with Gasteiger partial charge in [-0.1, -0.05) is 6.08 Å². The number of unbranched alkanes of at least 4 members (excludes halogenated alkanes) is 1. The van der Waals surface area contributed by atoms with Gasteiger partial charge in [0.05, 0.1) is 6.10 Å². The molecule has 0 aliphatic carbocycles. The van der Waals surface area contributed by atoms with E-state index in [9.17, 15) is 0 Å². The van der Waals surface area contributed by atoms with Gasteiger partial charge in [0.2, 0.25) is 0 Å². The number of aliphatic hydroxyl groups excluding tert-OH is 1. The van der Waals surface area contributed by atoms with E-state index in [0.717, 1.165) is 25.8 Å². The summed E-state index contributed by atoms with van der Waals surface area (Å²) in [6.07, 6.45) is 5.12. The first-order valence-corrected chi connectivity index (χ1v) is 3.80. The topological polar surface area (TPSA) is 46.2 Å². The Morgan fingerprint density at radius 3 is 2.70 bits per heavy atom. The van der Waals surface area contributed by atoms with Crippen molar-refractivity contribution < 1.29 is 5.11 Å². The Morgan fingerprint density at radius 2 is 2.20 bits per heavy atom. The molecule has 0 amide bonds. The van der Waals surface area contributed by atoms with Gasteiger partial charge in [-0.15, -0.1) is 6.58 Å². The van der Waals surface area contributed by atoms with E-state index in [1.165, 1.54) is 0 Å². The Balaban J connectivity index is 3.04. The summed E-state index contributed by atoms with van der Waals surface area (Å²) in [4.78, 5) is 0. The van der Waals surface area contributed by atoms with E-state index in [-0.39, 0.29) is 6.10 Å². The zero-order chi connectivity index (χ0) is 7.82. The fourth-order valence-electron chi connectivity index (χ4n) is 0.835. The van der Waals surface area contributed by atoms with Crippen LogP contribution in [0.25, 0.3) is 0 Å². The van der Waals surface area contributed by atoms with Crippen LogP contribution in [-0.4, -0.2) is 17.8 Å². The Bertz CT molecular complexity index is 83.3. The summed E-state index contributed by atoms with van der Waals surface area (Å²) < 4.78 is 0. The van der Waals surface area contributed by atoms with E-state index in [2.05, 4.69) is 6.58 Å². The molecule has 0 heterocycles. The van der Waals surface area contributed by atoms with Crippen molar-refractivity contribution in [1.29, 1.82) is 0 Å². The van der Waals surface area contributed by atoms with Gasteiger partial charge < -0.3 is 10.8 Å². The van der Waals surface area contributed by atoms with E-state index in [1.54, 1.807) is 6.08 Å². The molecule has 0 rings (SSSR count). The molecule has 2 heteroatoms. The zero-order valence-corrected chi connectivity index (χ0v) is 6.42. The van der Waals surface area contributed by atoms with E-state index < -0.39 is 0 Å². The highest BCUT2D eigenvalue weighted by atomic mass is 16.3. The monoisotopic (exact) mass is 143 g/mol. The molecule has 1 atom stereocenters. The van der Waals surface area contributed by atoms with Gasteiger partial charge in [-0.05, 0) is 32.2 Å². The zero-order valence-electron chi connectivity index (χ0n) is 6.42. The molecule has 10 heavy (non-hydrogen) atoms. The SMILES string of the molecule is C=CCC(O)CCCCN. The largest absolute Gasteiger partial charge is 0.393 e. The van der Waals surface area contributed by atoms with Crippen LogP contribution >= 0.6 is 0 Å². The molecule has 0 aliphatic rings. The maximum Gasteiger partial charge on any atom is 0.0574 e. The van der Waals surface area contributed by atoms with Crippen molar-refractivity contribution in [3.63, 3.8) is 0 Å². The van der Waals surface area contributed by atoms with Gasteiger partial charge in [-0.3, -0.25) is 0 Å². The van der Waals surface area contributed by atoms with Gasteiger partial charge in [0.1, 0.15) is 0 Å². The maximum absolute atomic E-state index is 9.16. The predicted octanol–water partition coefficient (Wildman–Crippen LogP) is 1.05. The van der Waals surface area contributed by atoms with Crippen molar-refractivity contribution in [2.24, 2.45) is 5.73 Å². The van der Waals surface area contributed by atoms with Crippen LogP contribution in [0.3, 0.4) is 0 Å². The molecule has 60 valence electrons. The first kappa shape index (κ1) is 9.66. The van der Waals surface area contributed by atoms with E-state index >= 15 is 0 Å². The molecule has 0 radical (unpaired) electrons. The second-order valence-corrected chi connectivity index (χ2v) is 2.46. The Morgan fingerprint density at radius 1 is 1.50 bits per heavy atom. The minimum Gasteiger partial charge on any atom is -0.393 e. The first-order valence-electron chi connectivity index (χ1n) is 3.80. The van der Waals surface area contributed by atoms with Gasteiger partial charge >= 0.3 is 0 Å². The minimum absolute atomic E-state index is 0.205. The summed E-state index contributed by atoms with van der Waals surface area (Å²) >= 11 is 0. The van der Waals surface area contributed by atoms with Crippen LogP contribution in [0.1, 0.15) is 25.7 Å². The summed E-state index contributed by atoms with van der Waals surface area (Å²) in [5, 5.41) is 9.16. The second-order valence-electron chi connectivity index (χ2n) is 2.46. The van der Waals surface area contributed by atoms with Crippen LogP contribution in [0.5, 0.6) is 0 Å². The van der Waals surface area contributed by atoms with Crippen LogP contribution in [0.2, 0.25) is 0 Å². The van der Waals surface area contributed by atoms with E-state index in [4.69, 9.17) is 10.8 Å². The molecule has 3 N–H and O–H groups in total. The first-order chi connectivity index (χ1) is 4.81. The highest BCUT2D eigenvalue weighted by Crippen LogP contribution is 2.03. The Hall–Kier alpha value is -0.340. The third-order valence-corrected chi connectivity index (χ3v) is 1.43. The summed E-state index contributed by atoms with van der Waals surface area (Å²) in [6, 6.07) is 0. The third kappa shape index (κ3) is 5.79. The Kier molecular flexibility index (Phi) is 6.55. The normalized spacial score (nSPS) is 13.0. The average molecular weight is 143 g/mol. The van der Waals surface area contributed by atoms with Crippen LogP contribution in [0, 0.1) is 0 Å². The molecule has 0 aromatic carbocycles. The summed E-state index contributed by atoms with van der Waals surface area (Å²) in [5.41, 5.74) is 5.29. The highest BCUT2D eigenvalue weighted by Gasteiger charge is 1.98. The van der Waals surface area contributed by atoms with Crippen molar-refractivity contribution in [2.75, 3.05) is 6.54 Å². The van der Waals surface area contributed by atoms with E-state index in [0.29, 0.717) is 6.42 Å². The van der Waals surface area contributed by atoms with Crippen LogP contribution in [0.4, 0.5) is 0 Å². The minimum atomic E-state index is -0.205. The molecule has 0 bridgehead atoms. The van der Waals surface area contributed by atoms with Gasteiger partial charge in [-0.2, -0.15) is 0 Å². The standard InChI is InChI=1S/C8H17NO/c1-2-5-8(10)6-3-4-7-9/h2,8,10H,1,3-7,9H2. The molecule has 0 saturated carbocycles. The maximum atomic E-state index is 9.16. The summed E-state index contributed by atoms with van der Waals surface area (Å²) in [6.45, 7) is 4.27. The smallest absolute Gasteiger partial charge is 0.0574 e. The summed E-state index contributed by atoms with van der Waals surface area (Å²) in [7, 11) is 0. The molecule has 0 aromatic heterocycles. The van der Waals surface area contributed by atoms with Gasteiger partial charge in [-0.25, -0.2) is 0 Å². The number of rotatable bonds is 6. The molecule has 0 fully saturated rings. The lowest BCUT2D eigenvalue weighted by molar-refractivity contribution is 0.164. The Labute approximate surface area is 62.7 Å². The van der Waals surface area contributed by atoms with E-state index in [1.807, 2.05) is 0 Å². The summed E-state index contributed by atoms with van der Waals surface area (Å²) in [5.74, 6) is 0. The quantitative estimate of drug-likeness (QED) is 0.431. The lowest BCUT2D eigenvalue weighted by Gasteiger charge is -2.05. The lowest BCUT2D eigenvalue weighted by atomic mass is 10.1. The van der Waals surface area contributed by atoms with Crippen LogP contribution in [-0.2, 0) is 0 Å². The van der Waals surface area contributed by atoms with Gasteiger partial charge in [0.25, 0.3) is 0 Å². The fourth-order valence-corrected chi connectivity index (χ4v) is 0.835. The number of hydrogen-bond acceptors (Lipinski definition) is 2. The molecular weight excluding hydrogens is 126 g/mol. The van der Waals surface area contributed by atoms with Crippen molar-refractivity contribution in [3.8, 4) is 0 Å². The number of nitrogens with two attached hydrogens (primary N) is 1. The fraction of sp³-hybridized carbons (Fsp3) is 0.750. The molecule has 0 aromatic rings. The molecule has 0 spiro atoms. The molecular formula is C8H17NO. The molecule has 1 unspecified atom stereocenters. The van der Waals surface area contributed by atoms with Gasteiger partial charge in [0.15, 0.2) is 0 Å². The number of aliphatic hydroxyl groups is 1. The average Bonchev–Trinajstić information content (AvgIpc) is 1.89. The van der Waals surface area contributed by atoms with Crippen LogP contribution in [0.15, 0.2) is 12.7 Å². The van der Waals surface area contributed by atoms with Crippen molar-refractivity contribution >= 4 is 0 Å².